The van der Waals surface area contributed by atoms with Gasteiger partial charge in [-0.05, 0) is 25.8 Å². The average Bonchev–Trinajstić information content (AvgIpc) is 2.86. The second-order valence-electron chi connectivity index (χ2n) is 4.31. The van der Waals surface area contributed by atoms with Gasteiger partial charge in [0.15, 0.2) is 5.78 Å². The van der Waals surface area contributed by atoms with Crippen molar-refractivity contribution < 1.29 is 4.79 Å². The van der Waals surface area contributed by atoms with Gasteiger partial charge in [-0.1, -0.05) is 12.8 Å². The van der Waals surface area contributed by atoms with E-state index >= 15 is 0 Å². The van der Waals surface area contributed by atoms with Gasteiger partial charge in [0.05, 0.1) is 0 Å². The maximum atomic E-state index is 11.3. The molecule has 1 saturated carbocycles. The largest absolute Gasteiger partial charge is 0.293 e. The number of rotatable bonds is 3. The maximum absolute atomic E-state index is 11.3. The number of aryl methyl sites for hydroxylation is 1. The van der Waals surface area contributed by atoms with E-state index in [0.29, 0.717) is 11.6 Å². The highest BCUT2D eigenvalue weighted by Gasteiger charge is 2.22. The summed E-state index contributed by atoms with van der Waals surface area (Å²) in [5.41, 5.74) is 1.89. The SMILES string of the molecule is CCn1nc(C(C)=O)cc1C1CCCC1. The van der Waals surface area contributed by atoms with Crippen molar-refractivity contribution >= 4 is 5.78 Å². The van der Waals surface area contributed by atoms with Gasteiger partial charge in [0.25, 0.3) is 0 Å². The summed E-state index contributed by atoms with van der Waals surface area (Å²) in [5, 5.41) is 4.34. The lowest BCUT2D eigenvalue weighted by Gasteiger charge is -2.10. The Labute approximate surface area is 90.5 Å². The van der Waals surface area contributed by atoms with Crippen LogP contribution in [0.15, 0.2) is 6.07 Å². The first-order valence-electron chi connectivity index (χ1n) is 5.81. The van der Waals surface area contributed by atoms with Crippen LogP contribution in [0.3, 0.4) is 0 Å². The molecule has 0 aliphatic heterocycles. The number of Topliss-reactive ketones (excluding diaryl/α,β-unsaturated/α-hetero) is 1. The fourth-order valence-electron chi connectivity index (χ4n) is 2.41. The number of nitrogens with zero attached hydrogens (tertiary/aromatic N) is 2. The monoisotopic (exact) mass is 206 g/mol. The van der Waals surface area contributed by atoms with Crippen molar-refractivity contribution in [2.45, 2.75) is 52.0 Å². The zero-order valence-electron chi connectivity index (χ0n) is 9.49. The van der Waals surface area contributed by atoms with Gasteiger partial charge in [0.1, 0.15) is 5.69 Å². The minimum absolute atomic E-state index is 0.0708. The summed E-state index contributed by atoms with van der Waals surface area (Å²) in [6.45, 7) is 4.52. The molecule has 0 radical (unpaired) electrons. The molecule has 1 aliphatic carbocycles. The molecule has 1 aliphatic rings. The molecule has 0 amide bonds. The fourth-order valence-corrected chi connectivity index (χ4v) is 2.41. The van der Waals surface area contributed by atoms with Gasteiger partial charge in [-0.3, -0.25) is 9.48 Å². The number of aromatic nitrogens is 2. The highest BCUT2D eigenvalue weighted by molar-refractivity contribution is 5.92. The molecule has 1 fully saturated rings. The van der Waals surface area contributed by atoms with Crippen LogP contribution in [0.1, 0.15) is 61.6 Å². The van der Waals surface area contributed by atoms with E-state index in [1.165, 1.54) is 31.4 Å². The Kier molecular flexibility index (Phi) is 2.89. The zero-order valence-corrected chi connectivity index (χ0v) is 9.49. The Morgan fingerprint density at radius 1 is 1.53 bits per heavy atom. The summed E-state index contributed by atoms with van der Waals surface area (Å²) in [6.07, 6.45) is 5.13. The molecule has 1 aromatic rings. The first-order valence-corrected chi connectivity index (χ1v) is 5.81. The lowest BCUT2D eigenvalue weighted by atomic mass is 10.0. The molecule has 0 aromatic carbocycles. The Balaban J connectivity index is 2.31. The normalized spacial score (nSPS) is 17.2. The summed E-state index contributed by atoms with van der Waals surface area (Å²) in [6, 6.07) is 1.99. The predicted octanol–water partition coefficient (Wildman–Crippen LogP) is 2.76. The fraction of sp³-hybridized carbons (Fsp3) is 0.667. The van der Waals surface area contributed by atoms with Gasteiger partial charge in [0, 0.05) is 25.1 Å². The van der Waals surface area contributed by atoms with Crippen molar-refractivity contribution in [3.05, 3.63) is 17.5 Å². The number of hydrogen-bond donors (Lipinski definition) is 0. The predicted molar refractivity (Wildman–Crippen MR) is 59.1 cm³/mol. The number of carbonyl (C=O) groups excluding carboxylic acids is 1. The molecule has 0 N–H and O–H groups in total. The van der Waals surface area contributed by atoms with Crippen LogP contribution in [0.2, 0.25) is 0 Å². The van der Waals surface area contributed by atoms with Gasteiger partial charge in [-0.25, -0.2) is 0 Å². The Morgan fingerprint density at radius 2 is 2.20 bits per heavy atom. The van der Waals surface area contributed by atoms with Crippen LogP contribution in [0.5, 0.6) is 0 Å². The van der Waals surface area contributed by atoms with Crippen LogP contribution in [0.25, 0.3) is 0 Å². The quantitative estimate of drug-likeness (QED) is 0.713. The molecule has 0 bridgehead atoms. The maximum Gasteiger partial charge on any atom is 0.179 e. The molecule has 0 spiro atoms. The first-order chi connectivity index (χ1) is 7.22. The minimum atomic E-state index is 0.0708. The topological polar surface area (TPSA) is 34.9 Å². The van der Waals surface area contributed by atoms with Crippen molar-refractivity contribution in [1.29, 1.82) is 0 Å². The van der Waals surface area contributed by atoms with Gasteiger partial charge < -0.3 is 0 Å². The number of ketones is 1. The lowest BCUT2D eigenvalue weighted by Crippen LogP contribution is -2.06. The summed E-state index contributed by atoms with van der Waals surface area (Å²) in [5.74, 6) is 0.701. The molecule has 1 heterocycles. The van der Waals surface area contributed by atoms with Crippen molar-refractivity contribution in [1.82, 2.24) is 9.78 Å². The minimum Gasteiger partial charge on any atom is -0.293 e. The summed E-state index contributed by atoms with van der Waals surface area (Å²) in [7, 11) is 0. The molecule has 3 nitrogen and oxygen atoms in total. The van der Waals surface area contributed by atoms with Crippen LogP contribution in [0.4, 0.5) is 0 Å². The van der Waals surface area contributed by atoms with Crippen LogP contribution in [0, 0.1) is 0 Å². The molecule has 82 valence electrons. The van der Waals surface area contributed by atoms with E-state index in [1.807, 2.05) is 10.7 Å². The van der Waals surface area contributed by atoms with E-state index < -0.39 is 0 Å². The van der Waals surface area contributed by atoms with Crippen molar-refractivity contribution in [3.63, 3.8) is 0 Å². The van der Waals surface area contributed by atoms with Crippen molar-refractivity contribution in [2.24, 2.45) is 0 Å². The van der Waals surface area contributed by atoms with Crippen LogP contribution in [-0.2, 0) is 6.54 Å². The lowest BCUT2D eigenvalue weighted by molar-refractivity contribution is 0.101. The molecule has 0 unspecified atom stereocenters. The molecule has 3 heteroatoms. The van der Waals surface area contributed by atoms with Gasteiger partial charge in [-0.2, -0.15) is 5.10 Å². The standard InChI is InChI=1S/C12H18N2O/c1-3-14-12(10-6-4-5-7-10)8-11(13-14)9(2)15/h8,10H,3-7H2,1-2H3. The van der Waals surface area contributed by atoms with E-state index in [4.69, 9.17) is 0 Å². The molecule has 2 rings (SSSR count). The van der Waals surface area contributed by atoms with Crippen molar-refractivity contribution in [3.8, 4) is 0 Å². The van der Waals surface area contributed by atoms with E-state index in [2.05, 4.69) is 12.0 Å². The average molecular weight is 206 g/mol. The Bertz CT molecular complexity index is 362. The highest BCUT2D eigenvalue weighted by Crippen LogP contribution is 2.34. The smallest absolute Gasteiger partial charge is 0.179 e. The summed E-state index contributed by atoms with van der Waals surface area (Å²) >= 11 is 0. The molecular formula is C12H18N2O. The van der Waals surface area contributed by atoms with Gasteiger partial charge in [-0.15, -0.1) is 0 Å². The number of hydrogen-bond acceptors (Lipinski definition) is 2. The Hall–Kier alpha value is -1.12. The summed E-state index contributed by atoms with van der Waals surface area (Å²) < 4.78 is 1.99. The van der Waals surface area contributed by atoms with E-state index in [1.54, 1.807) is 6.92 Å². The third kappa shape index (κ3) is 1.96. The van der Waals surface area contributed by atoms with E-state index in [0.717, 1.165) is 6.54 Å². The highest BCUT2D eigenvalue weighted by atomic mass is 16.1. The zero-order chi connectivity index (χ0) is 10.8. The first kappa shape index (κ1) is 10.4. The molecular weight excluding hydrogens is 188 g/mol. The van der Waals surface area contributed by atoms with Gasteiger partial charge in [0.2, 0.25) is 0 Å². The second-order valence-corrected chi connectivity index (χ2v) is 4.31. The summed E-state index contributed by atoms with van der Waals surface area (Å²) in [4.78, 5) is 11.3. The Morgan fingerprint density at radius 3 is 2.73 bits per heavy atom. The van der Waals surface area contributed by atoms with Crippen LogP contribution in [-0.4, -0.2) is 15.6 Å². The van der Waals surface area contributed by atoms with E-state index in [-0.39, 0.29) is 5.78 Å². The second kappa shape index (κ2) is 4.17. The van der Waals surface area contributed by atoms with E-state index in [9.17, 15) is 4.79 Å². The molecule has 15 heavy (non-hydrogen) atoms. The van der Waals surface area contributed by atoms with Gasteiger partial charge >= 0.3 is 0 Å². The number of carbonyl (C=O) groups is 1. The molecule has 1 aromatic heterocycles. The third-order valence-corrected chi connectivity index (χ3v) is 3.24. The van der Waals surface area contributed by atoms with Crippen LogP contribution < -0.4 is 0 Å². The third-order valence-electron chi connectivity index (χ3n) is 3.24. The van der Waals surface area contributed by atoms with Crippen LogP contribution >= 0.6 is 0 Å². The molecule has 0 saturated heterocycles. The molecule has 0 atom stereocenters. The van der Waals surface area contributed by atoms with Crippen molar-refractivity contribution in [2.75, 3.05) is 0 Å².